The van der Waals surface area contributed by atoms with Gasteiger partial charge in [-0.05, 0) is 12.2 Å². The van der Waals surface area contributed by atoms with Gasteiger partial charge in [0.1, 0.15) is 5.01 Å². The average Bonchev–Trinajstić information content (AvgIpc) is 2.46. The number of rotatable bonds is 1. The molecule has 0 atom stereocenters. The topological polar surface area (TPSA) is 12.9 Å². The first-order chi connectivity index (χ1) is 5.40. The largest absolute Gasteiger partial charge is 0.245 e. The number of halogens is 1. The Hall–Kier alpha value is 0.270. The highest BCUT2D eigenvalue weighted by Gasteiger charge is 2.14. The third-order valence-corrected chi connectivity index (χ3v) is 4.33. The Morgan fingerprint density at radius 2 is 2.45 bits per heavy atom. The number of alkyl halides is 1. The lowest BCUT2D eigenvalue weighted by molar-refractivity contribution is 1.01. The first-order valence-electron chi connectivity index (χ1n) is 3.51. The summed E-state index contributed by atoms with van der Waals surface area (Å²) in [5, 5.41) is 1.08. The van der Waals surface area contributed by atoms with Gasteiger partial charge in [0.15, 0.2) is 0 Å². The minimum absolute atomic E-state index is 0.572. The molecule has 0 fully saturated rings. The normalized spacial score (nSPS) is 16.5. The van der Waals surface area contributed by atoms with Crippen molar-refractivity contribution >= 4 is 34.7 Å². The van der Waals surface area contributed by atoms with E-state index in [1.165, 1.54) is 16.3 Å². The highest BCUT2D eigenvalue weighted by molar-refractivity contribution is 7.98. The molecule has 2 rings (SSSR count). The van der Waals surface area contributed by atoms with E-state index in [1.807, 2.05) is 11.8 Å². The highest BCUT2D eigenvalue weighted by atomic mass is 35.5. The number of hydrogen-bond donors (Lipinski definition) is 0. The van der Waals surface area contributed by atoms with Crippen molar-refractivity contribution in [1.82, 2.24) is 4.98 Å². The van der Waals surface area contributed by atoms with Crippen LogP contribution in [0.15, 0.2) is 0 Å². The van der Waals surface area contributed by atoms with Gasteiger partial charge in [0.25, 0.3) is 0 Å². The summed E-state index contributed by atoms with van der Waals surface area (Å²) in [5.41, 5.74) is 1.30. The molecule has 1 aliphatic rings. The van der Waals surface area contributed by atoms with Gasteiger partial charge in [-0.25, -0.2) is 4.98 Å². The van der Waals surface area contributed by atoms with Gasteiger partial charge in [-0.15, -0.1) is 22.9 Å². The van der Waals surface area contributed by atoms with Crippen molar-refractivity contribution < 1.29 is 0 Å². The molecule has 1 nitrogen and oxygen atoms in total. The molecule has 0 saturated carbocycles. The van der Waals surface area contributed by atoms with E-state index in [0.29, 0.717) is 5.88 Å². The standard InChI is InChI=1S/C7H8ClNS2/c8-3-7-9-5-1-2-10-4-6(5)11-7/h1-4H2. The molecule has 0 spiro atoms. The van der Waals surface area contributed by atoms with Crippen molar-refractivity contribution in [3.63, 3.8) is 0 Å². The van der Waals surface area contributed by atoms with Crippen molar-refractivity contribution in [2.75, 3.05) is 5.75 Å². The maximum atomic E-state index is 5.69. The molecule has 4 heteroatoms. The van der Waals surface area contributed by atoms with Crippen molar-refractivity contribution in [2.24, 2.45) is 0 Å². The summed E-state index contributed by atoms with van der Waals surface area (Å²) in [4.78, 5) is 5.88. The van der Waals surface area contributed by atoms with Gasteiger partial charge in [0.2, 0.25) is 0 Å². The number of thioether (sulfide) groups is 1. The molecule has 1 aromatic heterocycles. The second-order valence-electron chi connectivity index (χ2n) is 2.41. The molecule has 0 aromatic carbocycles. The summed E-state index contributed by atoms with van der Waals surface area (Å²) in [6, 6.07) is 0. The predicted octanol–water partition coefficient (Wildman–Crippen LogP) is 2.67. The van der Waals surface area contributed by atoms with E-state index < -0.39 is 0 Å². The Morgan fingerprint density at radius 1 is 1.55 bits per heavy atom. The first-order valence-corrected chi connectivity index (χ1v) is 6.02. The van der Waals surface area contributed by atoms with Crippen LogP contribution in [0.2, 0.25) is 0 Å². The molecule has 1 aromatic rings. The van der Waals surface area contributed by atoms with Crippen LogP contribution in [-0.4, -0.2) is 10.7 Å². The van der Waals surface area contributed by atoms with E-state index in [-0.39, 0.29) is 0 Å². The maximum absolute atomic E-state index is 5.69. The number of fused-ring (bicyclic) bond motifs is 1. The fourth-order valence-electron chi connectivity index (χ4n) is 1.14. The van der Waals surface area contributed by atoms with E-state index in [0.717, 1.165) is 17.2 Å². The molecule has 0 N–H and O–H groups in total. The predicted molar refractivity (Wildman–Crippen MR) is 51.5 cm³/mol. The Balaban J connectivity index is 2.32. The minimum atomic E-state index is 0.572. The highest BCUT2D eigenvalue weighted by Crippen LogP contribution is 2.29. The van der Waals surface area contributed by atoms with E-state index in [4.69, 9.17) is 11.6 Å². The Kier molecular flexibility index (Phi) is 2.39. The molecular weight excluding hydrogens is 198 g/mol. The number of nitrogens with zero attached hydrogens (tertiary/aromatic N) is 1. The number of aryl methyl sites for hydroxylation is 1. The molecular formula is C7H8ClNS2. The van der Waals surface area contributed by atoms with Crippen LogP contribution in [0.4, 0.5) is 0 Å². The van der Waals surface area contributed by atoms with Crippen LogP contribution in [0.1, 0.15) is 15.6 Å². The van der Waals surface area contributed by atoms with Gasteiger partial charge in [0, 0.05) is 10.6 Å². The maximum Gasteiger partial charge on any atom is 0.108 e. The molecule has 0 radical (unpaired) electrons. The van der Waals surface area contributed by atoms with Crippen LogP contribution in [0.3, 0.4) is 0 Å². The lowest BCUT2D eigenvalue weighted by Gasteiger charge is -2.06. The molecule has 0 bridgehead atoms. The third kappa shape index (κ3) is 1.55. The lowest BCUT2D eigenvalue weighted by atomic mass is 10.3. The molecule has 2 heterocycles. The summed E-state index contributed by atoms with van der Waals surface area (Å²) in [6.45, 7) is 0. The molecule has 0 saturated heterocycles. The van der Waals surface area contributed by atoms with Crippen LogP contribution >= 0.6 is 34.7 Å². The minimum Gasteiger partial charge on any atom is -0.245 e. The molecule has 11 heavy (non-hydrogen) atoms. The summed E-state index contributed by atoms with van der Waals surface area (Å²) >= 11 is 9.45. The van der Waals surface area contributed by atoms with Crippen LogP contribution in [0, 0.1) is 0 Å². The Morgan fingerprint density at radius 3 is 3.18 bits per heavy atom. The zero-order valence-corrected chi connectivity index (χ0v) is 8.36. The van der Waals surface area contributed by atoms with Crippen LogP contribution in [0.25, 0.3) is 0 Å². The summed E-state index contributed by atoms with van der Waals surface area (Å²) < 4.78 is 0. The van der Waals surface area contributed by atoms with Crippen molar-refractivity contribution in [1.29, 1.82) is 0 Å². The van der Waals surface area contributed by atoms with Gasteiger partial charge in [-0.2, -0.15) is 11.8 Å². The second kappa shape index (κ2) is 3.33. The summed E-state index contributed by atoms with van der Waals surface area (Å²) in [6.07, 6.45) is 1.13. The van der Waals surface area contributed by atoms with E-state index in [9.17, 15) is 0 Å². The van der Waals surface area contributed by atoms with E-state index in [1.54, 1.807) is 11.3 Å². The molecule has 0 amide bonds. The first kappa shape index (κ1) is 7.90. The average molecular weight is 206 g/mol. The molecule has 0 unspecified atom stereocenters. The Bertz CT molecular complexity index is 235. The lowest BCUT2D eigenvalue weighted by Crippen LogP contribution is -1.99. The van der Waals surface area contributed by atoms with Gasteiger partial charge in [0.05, 0.1) is 11.6 Å². The van der Waals surface area contributed by atoms with Crippen molar-refractivity contribution in [3.8, 4) is 0 Å². The zero-order valence-electron chi connectivity index (χ0n) is 5.97. The van der Waals surface area contributed by atoms with Crippen molar-refractivity contribution in [3.05, 3.63) is 15.6 Å². The summed E-state index contributed by atoms with van der Waals surface area (Å²) in [7, 11) is 0. The van der Waals surface area contributed by atoms with Gasteiger partial charge >= 0.3 is 0 Å². The fraction of sp³-hybridized carbons (Fsp3) is 0.571. The van der Waals surface area contributed by atoms with Crippen LogP contribution in [0.5, 0.6) is 0 Å². The van der Waals surface area contributed by atoms with Gasteiger partial charge in [-0.3, -0.25) is 0 Å². The zero-order chi connectivity index (χ0) is 7.68. The number of aromatic nitrogens is 1. The van der Waals surface area contributed by atoms with Crippen molar-refractivity contribution in [2.45, 2.75) is 18.1 Å². The Labute approximate surface area is 79.2 Å². The molecule has 1 aliphatic heterocycles. The molecule has 0 aliphatic carbocycles. The fourth-order valence-corrected chi connectivity index (χ4v) is 3.44. The van der Waals surface area contributed by atoms with Crippen LogP contribution < -0.4 is 0 Å². The quantitative estimate of drug-likeness (QED) is 0.654. The van der Waals surface area contributed by atoms with Gasteiger partial charge < -0.3 is 0 Å². The summed E-state index contributed by atoms with van der Waals surface area (Å²) in [5.74, 6) is 2.94. The third-order valence-electron chi connectivity index (χ3n) is 1.65. The number of hydrogen-bond acceptors (Lipinski definition) is 3. The van der Waals surface area contributed by atoms with Gasteiger partial charge in [-0.1, -0.05) is 0 Å². The number of thiazole rings is 1. The second-order valence-corrected chi connectivity index (χ2v) is 4.95. The molecule has 60 valence electrons. The van der Waals surface area contributed by atoms with E-state index >= 15 is 0 Å². The van der Waals surface area contributed by atoms with E-state index in [2.05, 4.69) is 4.98 Å². The smallest absolute Gasteiger partial charge is 0.108 e. The monoisotopic (exact) mass is 205 g/mol. The van der Waals surface area contributed by atoms with Crippen LogP contribution in [-0.2, 0) is 18.1 Å². The SMILES string of the molecule is ClCc1nc2c(s1)CSCC2.